The Kier molecular flexibility index (Phi) is 5.56. The third-order valence-electron chi connectivity index (χ3n) is 3.39. The van der Waals surface area contributed by atoms with Crippen LogP contribution in [0, 0.1) is 10.1 Å². The van der Waals surface area contributed by atoms with E-state index in [1.54, 1.807) is 20.8 Å². The first-order valence-corrected chi connectivity index (χ1v) is 7.71. The first kappa shape index (κ1) is 17.9. The van der Waals surface area contributed by atoms with E-state index >= 15 is 0 Å². The van der Waals surface area contributed by atoms with E-state index in [4.69, 9.17) is 9.47 Å². The molecule has 0 saturated carbocycles. The van der Waals surface area contributed by atoms with Crippen molar-refractivity contribution in [2.75, 3.05) is 19.7 Å². The quantitative estimate of drug-likeness (QED) is 0.611. The lowest BCUT2D eigenvalue weighted by Crippen LogP contribution is -2.48. The predicted molar refractivity (Wildman–Crippen MR) is 87.9 cm³/mol. The number of hydrogen-bond donors (Lipinski definition) is 0. The lowest BCUT2D eigenvalue weighted by Gasteiger charge is -2.34. The van der Waals surface area contributed by atoms with Gasteiger partial charge in [0.1, 0.15) is 12.2 Å². The van der Waals surface area contributed by atoms with Gasteiger partial charge in [0.05, 0.1) is 24.6 Å². The normalized spacial score (nSPS) is 14.1. The fourth-order valence-electron chi connectivity index (χ4n) is 2.18. The van der Waals surface area contributed by atoms with Gasteiger partial charge in [-0.1, -0.05) is 30.3 Å². The van der Waals surface area contributed by atoms with E-state index in [0.29, 0.717) is 12.2 Å². The van der Waals surface area contributed by atoms with Gasteiger partial charge in [0, 0.05) is 5.57 Å². The summed E-state index contributed by atoms with van der Waals surface area (Å²) in [5, 5.41) is 11.2. The van der Waals surface area contributed by atoms with Gasteiger partial charge >= 0.3 is 6.09 Å². The highest BCUT2D eigenvalue weighted by Gasteiger charge is 2.35. The van der Waals surface area contributed by atoms with Crippen LogP contribution >= 0.6 is 0 Å². The van der Waals surface area contributed by atoms with E-state index in [9.17, 15) is 14.9 Å². The van der Waals surface area contributed by atoms with Crippen LogP contribution < -0.4 is 0 Å². The van der Waals surface area contributed by atoms with Gasteiger partial charge in [0.2, 0.25) is 0 Å². The molecule has 0 bridgehead atoms. The number of nitro groups is 1. The summed E-state index contributed by atoms with van der Waals surface area (Å²) in [5.41, 5.74) is 0.986. The van der Waals surface area contributed by atoms with Crippen LogP contribution in [0.3, 0.4) is 0 Å². The van der Waals surface area contributed by atoms with Crippen molar-refractivity contribution >= 4 is 6.09 Å². The molecule has 1 heterocycles. The highest BCUT2D eigenvalue weighted by atomic mass is 16.6. The van der Waals surface area contributed by atoms with E-state index in [1.807, 2.05) is 30.3 Å². The SMILES string of the molecule is CC(C)(C)OC(=O)N1CC(=C(COCc2ccccc2)[N+](=O)[O-])C1. The molecule has 1 amide bonds. The molecular weight excluding hydrogens is 312 g/mol. The molecule has 0 spiro atoms. The van der Waals surface area contributed by atoms with Gasteiger partial charge in [-0.2, -0.15) is 0 Å². The minimum Gasteiger partial charge on any atom is -0.444 e. The molecule has 0 N–H and O–H groups in total. The zero-order valence-corrected chi connectivity index (χ0v) is 14.2. The second kappa shape index (κ2) is 7.44. The zero-order chi connectivity index (χ0) is 17.7. The van der Waals surface area contributed by atoms with Gasteiger partial charge in [0.25, 0.3) is 5.70 Å². The van der Waals surface area contributed by atoms with E-state index in [0.717, 1.165) is 5.56 Å². The number of nitrogens with zero attached hydrogens (tertiary/aromatic N) is 2. The van der Waals surface area contributed by atoms with Crippen LogP contribution in [0.25, 0.3) is 0 Å². The molecule has 0 unspecified atom stereocenters. The van der Waals surface area contributed by atoms with Gasteiger partial charge in [0.15, 0.2) is 0 Å². The Balaban J connectivity index is 1.88. The number of carbonyl (C=O) groups excluding carboxylic acids is 1. The Labute approximate surface area is 141 Å². The predicted octanol–water partition coefficient (Wildman–Crippen LogP) is 2.98. The van der Waals surface area contributed by atoms with Crippen LogP contribution in [0.4, 0.5) is 4.79 Å². The van der Waals surface area contributed by atoms with Crippen LogP contribution in [0.2, 0.25) is 0 Å². The monoisotopic (exact) mass is 334 g/mol. The molecule has 1 saturated heterocycles. The highest BCUT2D eigenvalue weighted by Crippen LogP contribution is 2.22. The van der Waals surface area contributed by atoms with Gasteiger partial charge in [-0.25, -0.2) is 4.79 Å². The average molecular weight is 334 g/mol. The summed E-state index contributed by atoms with van der Waals surface area (Å²) in [7, 11) is 0. The van der Waals surface area contributed by atoms with Gasteiger partial charge in [-0.3, -0.25) is 15.0 Å². The molecule has 0 aliphatic carbocycles. The second-order valence-electron chi connectivity index (χ2n) is 6.62. The van der Waals surface area contributed by atoms with Crippen LogP contribution in [0.15, 0.2) is 41.6 Å². The molecule has 24 heavy (non-hydrogen) atoms. The van der Waals surface area contributed by atoms with Crippen molar-refractivity contribution < 1.29 is 19.2 Å². The lowest BCUT2D eigenvalue weighted by molar-refractivity contribution is -0.433. The average Bonchev–Trinajstić information content (AvgIpc) is 2.43. The number of hydrogen-bond acceptors (Lipinski definition) is 5. The fourth-order valence-corrected chi connectivity index (χ4v) is 2.18. The number of likely N-dealkylation sites (tertiary alicyclic amines) is 1. The molecule has 1 aromatic carbocycles. The molecule has 1 aliphatic rings. The number of amides is 1. The Morgan fingerprint density at radius 2 is 1.88 bits per heavy atom. The summed E-state index contributed by atoms with van der Waals surface area (Å²) in [6.45, 7) is 5.98. The summed E-state index contributed by atoms with van der Waals surface area (Å²) in [5.74, 6) is 0. The Hall–Kier alpha value is -2.41. The number of benzene rings is 1. The molecular formula is C17H22N2O5. The third kappa shape index (κ3) is 5.06. The van der Waals surface area contributed by atoms with Crippen molar-refractivity contribution in [3.05, 3.63) is 57.3 Å². The third-order valence-corrected chi connectivity index (χ3v) is 3.39. The molecule has 0 aromatic heterocycles. The lowest BCUT2D eigenvalue weighted by atomic mass is 10.1. The van der Waals surface area contributed by atoms with Gasteiger partial charge in [-0.05, 0) is 26.3 Å². The summed E-state index contributed by atoms with van der Waals surface area (Å²) >= 11 is 0. The molecule has 1 aromatic rings. The minimum absolute atomic E-state index is 0.0192. The largest absolute Gasteiger partial charge is 0.444 e. The standard InChI is InChI=1S/C17H22N2O5/c1-17(2,3)24-16(20)18-9-14(10-18)15(19(21)22)12-23-11-13-7-5-4-6-8-13/h4-8H,9-12H2,1-3H3. The van der Waals surface area contributed by atoms with Gasteiger partial charge < -0.3 is 9.47 Å². The summed E-state index contributed by atoms with van der Waals surface area (Å²) in [4.78, 5) is 24.1. The van der Waals surface area contributed by atoms with Crippen LogP contribution in [-0.4, -0.2) is 41.2 Å². The highest BCUT2D eigenvalue weighted by molar-refractivity contribution is 5.70. The van der Waals surface area contributed by atoms with E-state index in [2.05, 4.69) is 0 Å². The summed E-state index contributed by atoms with van der Waals surface area (Å²) in [6, 6.07) is 9.46. The molecule has 1 fully saturated rings. The van der Waals surface area contributed by atoms with Crippen molar-refractivity contribution in [1.82, 2.24) is 4.90 Å². The maximum Gasteiger partial charge on any atom is 0.410 e. The fraction of sp³-hybridized carbons (Fsp3) is 0.471. The molecule has 130 valence electrons. The first-order valence-electron chi connectivity index (χ1n) is 7.71. The minimum atomic E-state index is -0.582. The van der Waals surface area contributed by atoms with Crippen molar-refractivity contribution in [1.29, 1.82) is 0 Å². The number of ether oxygens (including phenoxy) is 2. The molecule has 2 rings (SSSR count). The Morgan fingerprint density at radius 3 is 2.42 bits per heavy atom. The van der Waals surface area contributed by atoms with Crippen LogP contribution in [-0.2, 0) is 16.1 Å². The first-order chi connectivity index (χ1) is 11.3. The van der Waals surface area contributed by atoms with Crippen molar-refractivity contribution in [2.24, 2.45) is 0 Å². The molecule has 0 radical (unpaired) electrons. The van der Waals surface area contributed by atoms with Crippen molar-refractivity contribution in [3.8, 4) is 0 Å². The molecule has 7 heteroatoms. The maximum atomic E-state index is 11.9. The topological polar surface area (TPSA) is 81.9 Å². The summed E-state index contributed by atoms with van der Waals surface area (Å²) in [6.07, 6.45) is -0.459. The zero-order valence-electron chi connectivity index (χ0n) is 14.2. The summed E-state index contributed by atoms with van der Waals surface area (Å²) < 4.78 is 10.7. The van der Waals surface area contributed by atoms with E-state index < -0.39 is 16.6 Å². The smallest absolute Gasteiger partial charge is 0.410 e. The Morgan fingerprint density at radius 1 is 1.25 bits per heavy atom. The van der Waals surface area contributed by atoms with Crippen molar-refractivity contribution in [3.63, 3.8) is 0 Å². The number of rotatable bonds is 5. The van der Waals surface area contributed by atoms with Crippen molar-refractivity contribution in [2.45, 2.75) is 33.0 Å². The van der Waals surface area contributed by atoms with Crippen LogP contribution in [0.5, 0.6) is 0 Å². The number of carbonyl (C=O) groups is 1. The second-order valence-corrected chi connectivity index (χ2v) is 6.62. The van der Waals surface area contributed by atoms with E-state index in [-0.39, 0.29) is 25.4 Å². The Bertz CT molecular complexity index is 626. The van der Waals surface area contributed by atoms with Gasteiger partial charge in [-0.15, -0.1) is 0 Å². The maximum absolute atomic E-state index is 11.9. The molecule has 7 nitrogen and oxygen atoms in total. The molecule has 0 atom stereocenters. The molecule has 1 aliphatic heterocycles. The van der Waals surface area contributed by atoms with Crippen LogP contribution in [0.1, 0.15) is 26.3 Å². The van der Waals surface area contributed by atoms with E-state index in [1.165, 1.54) is 4.90 Å².